The third-order valence-electron chi connectivity index (χ3n) is 5.43. The number of β-amino-alcohol motifs (C(OH)–C–C–N with tert-alkyl or cyclic N) is 1. The highest BCUT2D eigenvalue weighted by Crippen LogP contribution is 2.33. The number of H-pyrrole nitrogens is 1. The Bertz CT molecular complexity index is 1070. The van der Waals surface area contributed by atoms with E-state index in [0.29, 0.717) is 13.2 Å². The normalized spacial score (nSPS) is 17.7. The number of allylic oxidation sites excluding steroid dienone is 3. The van der Waals surface area contributed by atoms with Crippen LogP contribution in [-0.4, -0.2) is 47.4 Å². The van der Waals surface area contributed by atoms with Crippen LogP contribution in [0.5, 0.6) is 5.75 Å². The molecule has 1 atom stereocenters. The van der Waals surface area contributed by atoms with E-state index >= 15 is 0 Å². The van der Waals surface area contributed by atoms with Crippen LogP contribution >= 0.6 is 0 Å². The second-order valence-electron chi connectivity index (χ2n) is 7.36. The number of hydrogen-bond donors (Lipinski definition) is 2. The highest BCUT2D eigenvalue weighted by Gasteiger charge is 2.23. The molecular formula is C23H24N2O3. The molecule has 0 saturated carbocycles. The molecule has 3 aromatic rings. The van der Waals surface area contributed by atoms with Crippen LogP contribution in [0, 0.1) is 0 Å². The number of para-hydroxylation sites is 1. The highest BCUT2D eigenvalue weighted by molar-refractivity contribution is 6.10. The van der Waals surface area contributed by atoms with Crippen LogP contribution in [0.1, 0.15) is 12.8 Å². The molecular weight excluding hydrogens is 352 g/mol. The van der Waals surface area contributed by atoms with Crippen molar-refractivity contribution >= 4 is 21.8 Å². The summed E-state index contributed by atoms with van der Waals surface area (Å²) in [7, 11) is 0. The molecule has 1 aliphatic carbocycles. The van der Waals surface area contributed by atoms with Crippen molar-refractivity contribution in [2.45, 2.75) is 18.9 Å². The first-order valence-corrected chi connectivity index (χ1v) is 9.87. The molecule has 2 N–H and O–H groups in total. The Labute approximate surface area is 163 Å². The molecule has 144 valence electrons. The van der Waals surface area contributed by atoms with Gasteiger partial charge in [-0.15, -0.1) is 0 Å². The van der Waals surface area contributed by atoms with E-state index in [1.807, 2.05) is 24.3 Å². The Morgan fingerprint density at radius 2 is 2.04 bits per heavy atom. The smallest absolute Gasteiger partial charge is 0.129 e. The number of fused-ring (bicyclic) bond motifs is 3. The first-order valence-electron chi connectivity index (χ1n) is 9.87. The van der Waals surface area contributed by atoms with E-state index in [0.717, 1.165) is 58.4 Å². The molecule has 1 aliphatic heterocycles. The summed E-state index contributed by atoms with van der Waals surface area (Å²) in [6.45, 7) is 2.26. The molecule has 0 amide bonds. The summed E-state index contributed by atoms with van der Waals surface area (Å²) in [5.74, 6) is 1.85. The molecule has 1 unspecified atom stereocenters. The second-order valence-corrected chi connectivity index (χ2v) is 7.36. The van der Waals surface area contributed by atoms with Gasteiger partial charge in [0.15, 0.2) is 0 Å². The van der Waals surface area contributed by atoms with E-state index in [4.69, 9.17) is 9.47 Å². The minimum absolute atomic E-state index is 0.252. The van der Waals surface area contributed by atoms with E-state index in [2.05, 4.69) is 40.2 Å². The number of nitrogens with zero attached hydrogens (tertiary/aromatic N) is 1. The zero-order valence-corrected chi connectivity index (χ0v) is 15.7. The molecule has 0 saturated heterocycles. The Hall–Kier alpha value is -2.92. The van der Waals surface area contributed by atoms with Crippen molar-refractivity contribution in [3.63, 3.8) is 0 Å². The van der Waals surface area contributed by atoms with Crippen molar-refractivity contribution in [1.82, 2.24) is 9.88 Å². The number of aliphatic hydroxyl groups is 1. The van der Waals surface area contributed by atoms with Crippen molar-refractivity contribution in [3.05, 3.63) is 66.1 Å². The van der Waals surface area contributed by atoms with E-state index in [1.165, 1.54) is 0 Å². The maximum absolute atomic E-state index is 10.6. The lowest BCUT2D eigenvalue weighted by molar-refractivity contribution is 0.0560. The summed E-state index contributed by atoms with van der Waals surface area (Å²) in [5, 5.41) is 12.8. The summed E-state index contributed by atoms with van der Waals surface area (Å²) in [4.78, 5) is 5.63. The van der Waals surface area contributed by atoms with Gasteiger partial charge < -0.3 is 24.5 Å². The van der Waals surface area contributed by atoms with Gasteiger partial charge in [0.05, 0.1) is 17.8 Å². The highest BCUT2D eigenvalue weighted by atomic mass is 16.5. The lowest BCUT2D eigenvalue weighted by atomic mass is 10.1. The van der Waals surface area contributed by atoms with Gasteiger partial charge in [-0.3, -0.25) is 0 Å². The molecule has 5 heteroatoms. The minimum atomic E-state index is -0.581. The zero-order chi connectivity index (χ0) is 18.9. The predicted octanol–water partition coefficient (Wildman–Crippen LogP) is 3.95. The molecule has 0 spiro atoms. The molecule has 0 radical (unpaired) electrons. The van der Waals surface area contributed by atoms with Gasteiger partial charge in [0.25, 0.3) is 0 Å². The van der Waals surface area contributed by atoms with Gasteiger partial charge in [-0.2, -0.15) is 0 Å². The minimum Gasteiger partial charge on any atom is -0.494 e. The van der Waals surface area contributed by atoms with Gasteiger partial charge >= 0.3 is 0 Å². The number of aliphatic hydroxyl groups excluding tert-OH is 1. The molecule has 2 heterocycles. The standard InChI is InChI=1S/C23H24N2O3/c26-16(14-25-12-13-27-21-10-4-3-9-20(21)25)15-28-22-11-5-8-19-23(22)17-6-1-2-7-18(17)24-19/h1-3,5-9,11,16,24,26H,4,10,12-15H2. The van der Waals surface area contributed by atoms with Crippen LogP contribution in [0.3, 0.4) is 0 Å². The SMILES string of the molecule is OC(COc1cccc2[nH]c3ccccc3c12)CN1CCOC2=C1C=CCC2. The van der Waals surface area contributed by atoms with Crippen LogP contribution in [-0.2, 0) is 4.74 Å². The molecule has 2 aromatic carbocycles. The Morgan fingerprint density at radius 1 is 1.14 bits per heavy atom. The van der Waals surface area contributed by atoms with Crippen molar-refractivity contribution in [2.24, 2.45) is 0 Å². The fourth-order valence-corrected chi connectivity index (χ4v) is 4.13. The molecule has 1 aromatic heterocycles. The van der Waals surface area contributed by atoms with Crippen molar-refractivity contribution in [3.8, 4) is 5.75 Å². The Balaban J connectivity index is 1.32. The Kier molecular flexibility index (Phi) is 4.45. The number of ether oxygens (including phenoxy) is 2. The van der Waals surface area contributed by atoms with Gasteiger partial charge in [-0.25, -0.2) is 0 Å². The molecule has 0 fully saturated rings. The van der Waals surface area contributed by atoms with Gasteiger partial charge in [0.1, 0.15) is 30.8 Å². The topological polar surface area (TPSA) is 57.7 Å². The van der Waals surface area contributed by atoms with Crippen LogP contribution in [0.2, 0.25) is 0 Å². The van der Waals surface area contributed by atoms with Crippen LogP contribution < -0.4 is 4.74 Å². The van der Waals surface area contributed by atoms with E-state index < -0.39 is 6.10 Å². The molecule has 2 aliphatic rings. The van der Waals surface area contributed by atoms with Crippen molar-refractivity contribution in [2.75, 3.05) is 26.3 Å². The molecule has 5 rings (SSSR count). The quantitative estimate of drug-likeness (QED) is 0.708. The number of aromatic nitrogens is 1. The third kappa shape index (κ3) is 3.12. The summed E-state index contributed by atoms with van der Waals surface area (Å²) < 4.78 is 11.8. The summed E-state index contributed by atoms with van der Waals surface area (Å²) >= 11 is 0. The van der Waals surface area contributed by atoms with Crippen LogP contribution in [0.15, 0.2) is 66.1 Å². The fourth-order valence-electron chi connectivity index (χ4n) is 4.13. The largest absolute Gasteiger partial charge is 0.494 e. The maximum Gasteiger partial charge on any atom is 0.129 e. The van der Waals surface area contributed by atoms with Crippen LogP contribution in [0.25, 0.3) is 21.8 Å². The zero-order valence-electron chi connectivity index (χ0n) is 15.7. The molecule has 0 bridgehead atoms. The van der Waals surface area contributed by atoms with Crippen molar-refractivity contribution < 1.29 is 14.6 Å². The van der Waals surface area contributed by atoms with Gasteiger partial charge in [-0.1, -0.05) is 30.3 Å². The monoisotopic (exact) mass is 376 g/mol. The summed E-state index contributed by atoms with van der Waals surface area (Å²) in [5.41, 5.74) is 3.24. The molecule has 28 heavy (non-hydrogen) atoms. The Morgan fingerprint density at radius 3 is 3.00 bits per heavy atom. The van der Waals surface area contributed by atoms with Gasteiger partial charge in [-0.05, 0) is 30.7 Å². The number of aromatic amines is 1. The van der Waals surface area contributed by atoms with Crippen molar-refractivity contribution in [1.29, 1.82) is 0 Å². The number of nitrogens with one attached hydrogen (secondary N) is 1. The average molecular weight is 376 g/mol. The summed E-state index contributed by atoms with van der Waals surface area (Å²) in [6.07, 6.45) is 5.66. The van der Waals surface area contributed by atoms with E-state index in [9.17, 15) is 5.11 Å². The first-order chi connectivity index (χ1) is 13.8. The van der Waals surface area contributed by atoms with Gasteiger partial charge in [0.2, 0.25) is 0 Å². The number of benzene rings is 2. The first kappa shape index (κ1) is 17.2. The lowest BCUT2D eigenvalue weighted by Crippen LogP contribution is -2.40. The maximum atomic E-state index is 10.6. The average Bonchev–Trinajstić information content (AvgIpc) is 3.12. The number of rotatable bonds is 5. The predicted molar refractivity (Wildman–Crippen MR) is 110 cm³/mol. The van der Waals surface area contributed by atoms with Crippen LogP contribution in [0.4, 0.5) is 0 Å². The fraction of sp³-hybridized carbons (Fsp3) is 0.304. The molecule has 5 nitrogen and oxygen atoms in total. The second kappa shape index (κ2) is 7.24. The van der Waals surface area contributed by atoms with E-state index in [1.54, 1.807) is 0 Å². The lowest BCUT2D eigenvalue weighted by Gasteiger charge is -2.35. The third-order valence-corrected chi connectivity index (χ3v) is 5.43. The number of hydrogen-bond acceptors (Lipinski definition) is 4. The summed E-state index contributed by atoms with van der Waals surface area (Å²) in [6, 6.07) is 14.2. The van der Waals surface area contributed by atoms with Gasteiger partial charge in [0, 0.05) is 29.3 Å². The van der Waals surface area contributed by atoms with E-state index in [-0.39, 0.29) is 6.61 Å².